The molecule has 13 heteroatoms. The lowest BCUT2D eigenvalue weighted by molar-refractivity contribution is -0.137. The van der Waals surface area contributed by atoms with Gasteiger partial charge in [0.15, 0.2) is 0 Å². The number of nitrogens with two attached hydrogens (primary N) is 1. The van der Waals surface area contributed by atoms with E-state index in [1.165, 1.54) is 30.6 Å². The molecular formula is C25H22F5N5O3. The molecule has 0 unspecified atom stereocenters. The molecule has 5 rings (SSSR count). The Morgan fingerprint density at radius 3 is 2.71 bits per heavy atom. The second kappa shape index (κ2) is 9.80. The molecular weight excluding hydrogens is 513 g/mol. The molecule has 1 amide bonds. The zero-order valence-electron chi connectivity index (χ0n) is 20.0. The summed E-state index contributed by atoms with van der Waals surface area (Å²) in [7, 11) is 1.41. The number of amides is 1. The lowest BCUT2D eigenvalue weighted by Gasteiger charge is -2.39. The first-order valence-electron chi connectivity index (χ1n) is 11.6. The number of halogens is 5. The van der Waals surface area contributed by atoms with Crippen molar-refractivity contribution in [3.8, 4) is 0 Å². The van der Waals surface area contributed by atoms with Crippen LogP contribution in [0.25, 0.3) is 16.6 Å². The Hall–Kier alpha value is -3.84. The monoisotopic (exact) mass is 535 g/mol. The van der Waals surface area contributed by atoms with E-state index in [4.69, 9.17) is 15.2 Å². The maximum absolute atomic E-state index is 15.3. The Kier molecular flexibility index (Phi) is 6.65. The highest BCUT2D eigenvalue weighted by molar-refractivity contribution is 5.98. The number of fused-ring (bicyclic) bond motifs is 3. The number of hydrogen-bond donors (Lipinski definition) is 1. The number of nitrogens with zero attached hydrogens (tertiary/aromatic N) is 4. The molecule has 4 aromatic rings. The molecule has 3 heterocycles. The lowest BCUT2D eigenvalue weighted by atomic mass is 10.00. The summed E-state index contributed by atoms with van der Waals surface area (Å²) in [5.41, 5.74) is 5.25. The van der Waals surface area contributed by atoms with Crippen LogP contribution in [-0.2, 0) is 22.2 Å². The third-order valence-electron chi connectivity index (χ3n) is 6.65. The number of rotatable bonds is 5. The van der Waals surface area contributed by atoms with E-state index in [1.54, 1.807) is 4.40 Å². The molecule has 0 aliphatic carbocycles. The van der Waals surface area contributed by atoms with Gasteiger partial charge in [-0.05, 0) is 24.6 Å². The maximum Gasteiger partial charge on any atom is 0.416 e. The van der Waals surface area contributed by atoms with Crippen molar-refractivity contribution in [1.29, 1.82) is 0 Å². The standard InChI is InChI=1S/C25H22F5N5O3/c1-37-22-11-38-5-4-19(22)34(10-13-2-3-14(6-16(13)26)25(28,29)30)24(36)15-7-20-18(8-17(15)27)33-23(31)21-9-32-12-35(20)21/h2-3,6-9,12,19,22H,4-5,10-11H2,1H3,(H2,31,33)/t19-,22-/m1/s1. The number of ether oxygens (including phenoxy) is 2. The first-order valence-corrected chi connectivity index (χ1v) is 11.6. The average Bonchev–Trinajstić information content (AvgIpc) is 3.38. The molecule has 2 atom stereocenters. The molecule has 2 aromatic carbocycles. The van der Waals surface area contributed by atoms with Crippen LogP contribution in [0.15, 0.2) is 42.9 Å². The maximum atomic E-state index is 15.3. The van der Waals surface area contributed by atoms with Crippen molar-refractivity contribution < 1.29 is 36.2 Å². The summed E-state index contributed by atoms with van der Waals surface area (Å²) >= 11 is 0. The molecule has 0 bridgehead atoms. The minimum Gasteiger partial charge on any atom is -0.382 e. The van der Waals surface area contributed by atoms with E-state index in [9.17, 15) is 22.4 Å². The molecule has 2 aromatic heterocycles. The number of alkyl halides is 3. The minimum atomic E-state index is -4.74. The van der Waals surface area contributed by atoms with Crippen LogP contribution in [0, 0.1) is 11.6 Å². The number of anilines is 1. The van der Waals surface area contributed by atoms with Gasteiger partial charge in [-0.2, -0.15) is 13.2 Å². The molecule has 1 saturated heterocycles. The number of methoxy groups -OCH3 is 1. The fraction of sp³-hybridized carbons (Fsp3) is 0.320. The van der Waals surface area contributed by atoms with Gasteiger partial charge in [0.05, 0.1) is 47.3 Å². The van der Waals surface area contributed by atoms with Crippen molar-refractivity contribution in [3.63, 3.8) is 0 Å². The van der Waals surface area contributed by atoms with Gasteiger partial charge in [-0.15, -0.1) is 0 Å². The van der Waals surface area contributed by atoms with Crippen LogP contribution in [0.5, 0.6) is 0 Å². The summed E-state index contributed by atoms with van der Waals surface area (Å²) in [6, 6.07) is 3.77. The largest absolute Gasteiger partial charge is 0.416 e. The first kappa shape index (κ1) is 25.8. The minimum absolute atomic E-state index is 0.123. The van der Waals surface area contributed by atoms with Crippen molar-refractivity contribution in [1.82, 2.24) is 19.3 Å². The van der Waals surface area contributed by atoms with Gasteiger partial charge < -0.3 is 20.1 Å². The number of nitrogen functional groups attached to an aromatic ring is 1. The van der Waals surface area contributed by atoms with Crippen LogP contribution < -0.4 is 5.73 Å². The first-order chi connectivity index (χ1) is 18.1. The molecule has 200 valence electrons. The highest BCUT2D eigenvalue weighted by Crippen LogP contribution is 2.32. The smallest absolute Gasteiger partial charge is 0.382 e. The van der Waals surface area contributed by atoms with Crippen LogP contribution in [0.1, 0.15) is 27.9 Å². The predicted octanol–water partition coefficient (Wildman–Crippen LogP) is 4.21. The molecule has 0 radical (unpaired) electrons. The Morgan fingerprint density at radius 2 is 2.00 bits per heavy atom. The molecule has 1 aliphatic heterocycles. The van der Waals surface area contributed by atoms with Gasteiger partial charge in [-0.1, -0.05) is 6.07 Å². The topological polar surface area (TPSA) is 95.0 Å². The van der Waals surface area contributed by atoms with E-state index in [1.807, 2.05) is 0 Å². The summed E-state index contributed by atoms with van der Waals surface area (Å²) in [4.78, 5) is 23.3. The number of hydrogen-bond acceptors (Lipinski definition) is 6. The van der Waals surface area contributed by atoms with E-state index < -0.39 is 48.0 Å². The third kappa shape index (κ3) is 4.63. The van der Waals surface area contributed by atoms with E-state index >= 15 is 4.39 Å². The highest BCUT2D eigenvalue weighted by atomic mass is 19.4. The van der Waals surface area contributed by atoms with Gasteiger partial charge in [0.2, 0.25) is 0 Å². The Bertz CT molecular complexity index is 1520. The van der Waals surface area contributed by atoms with Gasteiger partial charge in [-0.25, -0.2) is 18.7 Å². The Labute approximate surface area is 212 Å². The van der Waals surface area contributed by atoms with Crippen LogP contribution in [-0.4, -0.2) is 57.6 Å². The number of benzene rings is 2. The van der Waals surface area contributed by atoms with Crippen LogP contribution in [0.3, 0.4) is 0 Å². The molecule has 2 N–H and O–H groups in total. The van der Waals surface area contributed by atoms with Crippen molar-refractivity contribution in [2.45, 2.75) is 31.3 Å². The summed E-state index contributed by atoms with van der Waals surface area (Å²) in [6.45, 7) is -0.0480. The van der Waals surface area contributed by atoms with Crippen LogP contribution in [0.2, 0.25) is 0 Å². The Morgan fingerprint density at radius 1 is 1.21 bits per heavy atom. The molecule has 1 fully saturated rings. The van der Waals surface area contributed by atoms with Crippen molar-refractivity contribution in [2.75, 3.05) is 26.1 Å². The van der Waals surface area contributed by atoms with Crippen molar-refractivity contribution >= 4 is 28.3 Å². The summed E-state index contributed by atoms with van der Waals surface area (Å²) in [5, 5.41) is 0. The van der Waals surface area contributed by atoms with Gasteiger partial charge in [0, 0.05) is 31.9 Å². The van der Waals surface area contributed by atoms with E-state index in [-0.39, 0.29) is 42.1 Å². The molecule has 0 spiro atoms. The molecule has 38 heavy (non-hydrogen) atoms. The SMILES string of the molecule is CO[C@@H]1COCC[C@H]1N(Cc1ccc(C(F)(F)F)cc1F)C(=O)c1cc2c(cc1F)nc(N)c1cncn12. The third-order valence-corrected chi connectivity index (χ3v) is 6.65. The number of carbonyl (C=O) groups is 1. The van der Waals surface area contributed by atoms with Gasteiger partial charge in [-0.3, -0.25) is 9.20 Å². The number of carbonyl (C=O) groups excluding carboxylic acids is 1. The normalized spacial score (nSPS) is 18.3. The number of imidazole rings is 1. The van der Waals surface area contributed by atoms with Crippen LogP contribution >= 0.6 is 0 Å². The summed E-state index contributed by atoms with van der Waals surface area (Å²) in [6.07, 6.45) is -2.17. The highest BCUT2D eigenvalue weighted by Gasteiger charge is 2.36. The van der Waals surface area contributed by atoms with E-state index in [2.05, 4.69) is 9.97 Å². The lowest BCUT2D eigenvalue weighted by Crippen LogP contribution is -2.52. The number of aromatic nitrogens is 3. The summed E-state index contributed by atoms with van der Waals surface area (Å²) in [5.74, 6) is -2.72. The molecule has 0 saturated carbocycles. The van der Waals surface area contributed by atoms with Crippen molar-refractivity contribution in [3.05, 3.63) is 71.2 Å². The van der Waals surface area contributed by atoms with Gasteiger partial charge >= 0.3 is 6.18 Å². The molecule has 8 nitrogen and oxygen atoms in total. The zero-order chi connectivity index (χ0) is 27.2. The van der Waals surface area contributed by atoms with E-state index in [0.717, 1.165) is 18.2 Å². The quantitative estimate of drug-likeness (QED) is 0.385. The van der Waals surface area contributed by atoms with Gasteiger partial charge in [0.25, 0.3) is 5.91 Å². The van der Waals surface area contributed by atoms with Crippen LogP contribution in [0.4, 0.5) is 27.8 Å². The second-order valence-electron chi connectivity index (χ2n) is 8.91. The Balaban J connectivity index is 1.60. The van der Waals surface area contributed by atoms with Gasteiger partial charge in [0.1, 0.15) is 29.1 Å². The zero-order valence-corrected chi connectivity index (χ0v) is 20.0. The second-order valence-corrected chi connectivity index (χ2v) is 8.91. The predicted molar refractivity (Wildman–Crippen MR) is 126 cm³/mol. The average molecular weight is 535 g/mol. The fourth-order valence-electron chi connectivity index (χ4n) is 4.67. The van der Waals surface area contributed by atoms with E-state index in [0.29, 0.717) is 17.1 Å². The van der Waals surface area contributed by atoms with Crippen molar-refractivity contribution in [2.24, 2.45) is 0 Å². The summed E-state index contributed by atoms with van der Waals surface area (Å²) < 4.78 is 81.8. The molecule has 1 aliphatic rings. The fourth-order valence-corrected chi connectivity index (χ4v) is 4.67.